The molecule has 3 heteroatoms. The van der Waals surface area contributed by atoms with Gasteiger partial charge in [-0.25, -0.2) is 11.6 Å². The normalized spacial score (nSPS) is 8.33. The summed E-state index contributed by atoms with van der Waals surface area (Å²) in [6.45, 7) is 6.56. The topological polar surface area (TPSA) is 39.4 Å². The Bertz CT molecular complexity index is 208. The number of hydrogen-bond donors (Lipinski definition) is 0. The van der Waals surface area contributed by atoms with Gasteiger partial charge in [-0.05, 0) is 0 Å². The molecule has 0 aliphatic rings. The van der Waals surface area contributed by atoms with E-state index in [0.717, 1.165) is 0 Å². The summed E-state index contributed by atoms with van der Waals surface area (Å²) < 4.78 is 0. The molecular weight excluding hydrogens is 197 g/mol. The van der Waals surface area contributed by atoms with Gasteiger partial charge in [0.1, 0.15) is 0 Å². The van der Waals surface area contributed by atoms with Gasteiger partial charge in [0.25, 0.3) is 0 Å². The van der Waals surface area contributed by atoms with Crippen LogP contribution in [0.3, 0.4) is 0 Å². The van der Waals surface area contributed by atoms with E-state index in [1.54, 1.807) is 0 Å². The van der Waals surface area contributed by atoms with Crippen LogP contribution in [0.15, 0.2) is 18.2 Å². The first-order valence-electron chi connectivity index (χ1n) is 3.61. The molecule has 1 aromatic carbocycles. The van der Waals surface area contributed by atoms with Crippen molar-refractivity contribution in [2.75, 3.05) is 0 Å². The number of hydrogen-bond acceptors (Lipinski definition) is 1. The minimum atomic E-state index is 0. The molecule has 0 heterocycles. The molecule has 0 saturated carbocycles. The first-order chi connectivity index (χ1) is 5.20. The van der Waals surface area contributed by atoms with Gasteiger partial charge >= 0.3 is 16.5 Å². The van der Waals surface area contributed by atoms with E-state index in [1.807, 2.05) is 0 Å². The molecule has 0 amide bonds. The smallest absolute Gasteiger partial charge is 0.577 e. The molecule has 1 rings (SSSR count). The zero-order valence-electron chi connectivity index (χ0n) is 7.48. The van der Waals surface area contributed by atoms with E-state index < -0.39 is 0 Å². The van der Waals surface area contributed by atoms with Gasteiger partial charge in [-0.3, -0.25) is 0 Å². The maximum Gasteiger partial charge on any atom is 2.00 e. The second-order valence-corrected chi connectivity index (χ2v) is 2.88. The van der Waals surface area contributed by atoms with Crippen LogP contribution in [0.25, 0.3) is 5.59 Å². The zero-order valence-corrected chi connectivity index (χ0v) is 8.47. The van der Waals surface area contributed by atoms with Crippen LogP contribution in [0.5, 0.6) is 0 Å². The van der Waals surface area contributed by atoms with Crippen molar-refractivity contribution in [2.45, 2.75) is 26.7 Å². The van der Waals surface area contributed by atoms with Crippen molar-refractivity contribution in [2.24, 2.45) is 0 Å². The van der Waals surface area contributed by atoms with E-state index in [0.29, 0.717) is 5.92 Å². The second kappa shape index (κ2) is 7.11. The first kappa shape index (κ1) is 14.0. The Kier molecular flexibility index (Phi) is 8.29. The van der Waals surface area contributed by atoms with Gasteiger partial charge in [-0.1, -0.05) is 26.7 Å². The average molecular weight is 210 g/mol. The fraction of sp³-hybridized carbons (Fsp3) is 0.444. The summed E-state index contributed by atoms with van der Waals surface area (Å²) in [4.78, 5) is 7.25. The van der Waals surface area contributed by atoms with Crippen molar-refractivity contribution in [3.05, 3.63) is 39.8 Å². The number of nitrogens with zero attached hydrogens (tertiary/aromatic N) is 1. The minimum Gasteiger partial charge on any atom is -0.577 e. The number of nitroso groups, excluding NO2 is 1. The molecule has 0 unspecified atom stereocenters. The Morgan fingerprint density at radius 3 is 2.08 bits per heavy atom. The van der Waals surface area contributed by atoms with Gasteiger partial charge < -0.3 is 10.5 Å². The third kappa shape index (κ3) is 4.35. The maximum atomic E-state index is 7.25. The maximum absolute atomic E-state index is 7.25. The second-order valence-electron chi connectivity index (χ2n) is 2.88. The monoisotopic (exact) mass is 209 g/mol. The van der Waals surface area contributed by atoms with E-state index >= 15 is 0 Å². The SMILES string of the molecule is Cc1cc[c-](C(C)C)c1.[N-]=O.[Ni+2]. The molecule has 0 fully saturated rings. The fourth-order valence-electron chi connectivity index (χ4n) is 0.946. The van der Waals surface area contributed by atoms with Gasteiger partial charge in [-0.2, -0.15) is 17.7 Å². The predicted octanol–water partition coefficient (Wildman–Crippen LogP) is 3.16. The van der Waals surface area contributed by atoms with E-state index in [4.69, 9.17) is 10.5 Å². The molecule has 12 heavy (non-hydrogen) atoms. The number of rotatable bonds is 1. The van der Waals surface area contributed by atoms with Gasteiger partial charge in [0.05, 0.1) is 0 Å². The van der Waals surface area contributed by atoms with Crippen LogP contribution >= 0.6 is 0 Å². The summed E-state index contributed by atoms with van der Waals surface area (Å²) >= 11 is 0. The van der Waals surface area contributed by atoms with Crippen LogP contribution < -0.4 is 0 Å². The van der Waals surface area contributed by atoms with Gasteiger partial charge in [0.2, 0.25) is 0 Å². The van der Waals surface area contributed by atoms with Crippen molar-refractivity contribution >= 4 is 0 Å². The Morgan fingerprint density at radius 1 is 1.42 bits per heavy atom. The molecule has 0 aromatic heterocycles. The summed E-state index contributed by atoms with van der Waals surface area (Å²) in [7, 11) is 0. The van der Waals surface area contributed by atoms with Crippen molar-refractivity contribution in [3.63, 3.8) is 0 Å². The Hall–Kier alpha value is -0.556. The van der Waals surface area contributed by atoms with E-state index in [-0.39, 0.29) is 16.5 Å². The third-order valence-electron chi connectivity index (χ3n) is 1.60. The first-order valence-corrected chi connectivity index (χ1v) is 3.61. The van der Waals surface area contributed by atoms with Crippen LogP contribution in [0.2, 0.25) is 0 Å². The van der Waals surface area contributed by atoms with Gasteiger partial charge in [-0.15, -0.1) is 0 Å². The molecule has 0 N–H and O–H groups in total. The Labute approximate surface area is 83.4 Å². The predicted molar refractivity (Wildman–Crippen MR) is 47.6 cm³/mol. The molecule has 0 atom stereocenters. The van der Waals surface area contributed by atoms with Crippen molar-refractivity contribution < 1.29 is 16.5 Å². The van der Waals surface area contributed by atoms with E-state index in [9.17, 15) is 0 Å². The zero-order chi connectivity index (χ0) is 8.85. The fourth-order valence-corrected chi connectivity index (χ4v) is 0.946. The average Bonchev–Trinajstić information content (AvgIpc) is 2.40. The molecule has 0 bridgehead atoms. The van der Waals surface area contributed by atoms with E-state index in [2.05, 4.69) is 39.0 Å². The Balaban J connectivity index is 0. The summed E-state index contributed by atoms with van der Waals surface area (Å²) in [5.74, 6) is 0.679. The molecule has 0 aliphatic carbocycles. The summed E-state index contributed by atoms with van der Waals surface area (Å²) in [6.07, 6.45) is 0. The molecule has 2 nitrogen and oxygen atoms in total. The van der Waals surface area contributed by atoms with Crippen molar-refractivity contribution in [1.29, 1.82) is 0 Å². The summed E-state index contributed by atoms with van der Waals surface area (Å²) in [5.41, 5.74) is 8.58. The van der Waals surface area contributed by atoms with Gasteiger partial charge in [0, 0.05) is 0 Å². The molecule has 0 aliphatic heterocycles. The van der Waals surface area contributed by atoms with Crippen LogP contribution in [0.1, 0.15) is 30.9 Å². The summed E-state index contributed by atoms with van der Waals surface area (Å²) in [6, 6.07) is 6.60. The molecule has 0 spiro atoms. The van der Waals surface area contributed by atoms with Crippen molar-refractivity contribution in [1.82, 2.24) is 0 Å². The van der Waals surface area contributed by atoms with E-state index in [1.165, 1.54) is 11.1 Å². The van der Waals surface area contributed by atoms with Gasteiger partial charge in [0.15, 0.2) is 0 Å². The molecule has 0 radical (unpaired) electrons. The molecule has 70 valence electrons. The molecule has 0 saturated heterocycles. The third-order valence-corrected chi connectivity index (χ3v) is 1.60. The van der Waals surface area contributed by atoms with Crippen molar-refractivity contribution in [3.8, 4) is 0 Å². The van der Waals surface area contributed by atoms with Crippen LogP contribution in [-0.2, 0) is 16.5 Å². The summed E-state index contributed by atoms with van der Waals surface area (Å²) in [5, 5.41) is 0. The van der Waals surface area contributed by atoms with Crippen LogP contribution in [0.4, 0.5) is 0 Å². The largest absolute Gasteiger partial charge is 2.00 e. The van der Waals surface area contributed by atoms with Crippen LogP contribution in [-0.4, -0.2) is 0 Å². The molecular formula is C9H13NNiO. The quantitative estimate of drug-likeness (QED) is 0.518. The molecule has 1 aromatic rings. The number of aryl methyl sites for hydroxylation is 1. The Morgan fingerprint density at radius 2 is 1.92 bits per heavy atom. The standard InChI is InChI=1S/C9H13.NO.Ni/c1-7(2)9-5-4-8(3)6-9;1-2;/h4-7H,1-3H3;;/q2*-1;+2. The minimum absolute atomic E-state index is 0. The van der Waals surface area contributed by atoms with Crippen LogP contribution in [0, 0.1) is 11.8 Å².